The maximum Gasteiger partial charge on any atom is 0.326 e. The lowest BCUT2D eigenvalue weighted by Gasteiger charge is -2.24. The monoisotopic (exact) mass is 389 g/mol. The van der Waals surface area contributed by atoms with Gasteiger partial charge in [-0.2, -0.15) is 0 Å². The van der Waals surface area contributed by atoms with E-state index in [9.17, 15) is 22.0 Å². The van der Waals surface area contributed by atoms with Crippen LogP contribution in [0, 0.1) is 11.6 Å². The molecule has 0 amide bonds. The summed E-state index contributed by atoms with van der Waals surface area (Å²) in [4.78, 5) is 11.6. The molecule has 0 aromatic heterocycles. The van der Waals surface area contributed by atoms with Crippen molar-refractivity contribution < 1.29 is 26.7 Å². The molecule has 0 bridgehead atoms. The van der Waals surface area contributed by atoms with Gasteiger partial charge in [-0.25, -0.2) is 17.2 Å². The smallest absolute Gasteiger partial charge is 0.326 e. The standard InChI is InChI=1S/C16H14ClF2NO4S/c1-2-24-16(21)10-20(15-8-5-12(18)9-14(15)19)25(22,23)13-6-3-11(17)4-7-13/h3-9H,2,10H2,1H3. The summed E-state index contributed by atoms with van der Waals surface area (Å²) in [7, 11) is -4.31. The van der Waals surface area contributed by atoms with Crippen LogP contribution >= 0.6 is 11.6 Å². The number of carbonyl (C=O) groups excluding carboxylic acids is 1. The van der Waals surface area contributed by atoms with Gasteiger partial charge in [-0.15, -0.1) is 0 Å². The first kappa shape index (κ1) is 19.1. The third kappa shape index (κ3) is 4.46. The largest absolute Gasteiger partial charge is 0.465 e. The molecule has 0 saturated heterocycles. The Kier molecular flexibility index (Phi) is 5.97. The van der Waals surface area contributed by atoms with Crippen molar-refractivity contribution in [3.05, 3.63) is 59.1 Å². The number of hydrogen-bond donors (Lipinski definition) is 0. The van der Waals surface area contributed by atoms with Crippen molar-refractivity contribution >= 4 is 33.3 Å². The van der Waals surface area contributed by atoms with Crippen molar-refractivity contribution in [2.24, 2.45) is 0 Å². The molecule has 2 aromatic rings. The zero-order valence-electron chi connectivity index (χ0n) is 13.1. The minimum atomic E-state index is -4.31. The van der Waals surface area contributed by atoms with Crippen LogP contribution in [0.4, 0.5) is 14.5 Å². The third-order valence-electron chi connectivity index (χ3n) is 3.16. The Morgan fingerprint density at radius 3 is 2.36 bits per heavy atom. The minimum Gasteiger partial charge on any atom is -0.465 e. The fourth-order valence-electron chi connectivity index (χ4n) is 2.04. The van der Waals surface area contributed by atoms with Gasteiger partial charge in [0.2, 0.25) is 0 Å². The first-order valence-electron chi connectivity index (χ1n) is 7.14. The Hall–Kier alpha value is -2.19. The predicted octanol–water partition coefficient (Wildman–Crippen LogP) is 3.38. The Balaban J connectivity index is 2.53. The van der Waals surface area contributed by atoms with Crippen LogP contribution in [0.5, 0.6) is 0 Å². The molecule has 0 radical (unpaired) electrons. The zero-order chi connectivity index (χ0) is 18.6. The molecule has 0 atom stereocenters. The number of esters is 1. The Morgan fingerprint density at radius 1 is 1.16 bits per heavy atom. The average Bonchev–Trinajstić information content (AvgIpc) is 2.54. The van der Waals surface area contributed by atoms with E-state index in [1.165, 1.54) is 24.3 Å². The van der Waals surface area contributed by atoms with Crippen LogP contribution in [0.15, 0.2) is 47.4 Å². The summed E-state index contributed by atoms with van der Waals surface area (Å²) in [6.07, 6.45) is 0. The fourth-order valence-corrected chi connectivity index (χ4v) is 3.58. The number of carbonyl (C=O) groups is 1. The second-order valence-electron chi connectivity index (χ2n) is 4.87. The van der Waals surface area contributed by atoms with E-state index in [2.05, 4.69) is 0 Å². The number of ether oxygens (including phenoxy) is 1. The minimum absolute atomic E-state index is 0.0273. The average molecular weight is 390 g/mol. The van der Waals surface area contributed by atoms with E-state index in [4.69, 9.17) is 16.3 Å². The van der Waals surface area contributed by atoms with E-state index in [0.717, 1.165) is 12.1 Å². The molecule has 0 aliphatic rings. The fraction of sp³-hybridized carbons (Fsp3) is 0.188. The lowest BCUT2D eigenvalue weighted by Crippen LogP contribution is -2.37. The molecular weight excluding hydrogens is 376 g/mol. The number of hydrogen-bond acceptors (Lipinski definition) is 4. The first-order valence-corrected chi connectivity index (χ1v) is 8.96. The Bertz CT molecular complexity index is 872. The molecule has 134 valence electrons. The molecule has 0 aliphatic carbocycles. The topological polar surface area (TPSA) is 63.7 Å². The van der Waals surface area contributed by atoms with Gasteiger partial charge in [0.15, 0.2) is 0 Å². The lowest BCUT2D eigenvalue weighted by atomic mass is 10.3. The molecule has 0 spiro atoms. The summed E-state index contributed by atoms with van der Waals surface area (Å²) in [6.45, 7) is 0.815. The van der Waals surface area contributed by atoms with Gasteiger partial charge >= 0.3 is 5.97 Å². The van der Waals surface area contributed by atoms with Gasteiger partial charge in [-0.05, 0) is 43.3 Å². The zero-order valence-corrected chi connectivity index (χ0v) is 14.7. The summed E-state index contributed by atoms with van der Waals surface area (Å²) in [5.41, 5.74) is -0.468. The van der Waals surface area contributed by atoms with E-state index in [1.807, 2.05) is 0 Å². The Morgan fingerprint density at radius 2 is 1.80 bits per heavy atom. The molecule has 0 aliphatic heterocycles. The summed E-state index contributed by atoms with van der Waals surface area (Å²) < 4.78 is 58.2. The van der Waals surface area contributed by atoms with Crippen LogP contribution in [0.3, 0.4) is 0 Å². The van der Waals surface area contributed by atoms with Crippen LogP contribution < -0.4 is 4.31 Å². The molecule has 5 nitrogen and oxygen atoms in total. The summed E-state index contributed by atoms with van der Waals surface area (Å²) in [6, 6.07) is 7.50. The van der Waals surface area contributed by atoms with Crippen molar-refractivity contribution in [3.63, 3.8) is 0 Å². The van der Waals surface area contributed by atoms with Crippen molar-refractivity contribution in [2.45, 2.75) is 11.8 Å². The van der Waals surface area contributed by atoms with E-state index in [1.54, 1.807) is 6.92 Å². The number of nitrogens with zero attached hydrogens (tertiary/aromatic N) is 1. The first-order chi connectivity index (χ1) is 11.8. The Labute approximate surface area is 148 Å². The SMILES string of the molecule is CCOC(=O)CN(c1ccc(F)cc1F)S(=O)(=O)c1ccc(Cl)cc1. The second-order valence-corrected chi connectivity index (χ2v) is 7.17. The van der Waals surface area contributed by atoms with Gasteiger partial charge in [0.05, 0.1) is 17.2 Å². The van der Waals surface area contributed by atoms with Gasteiger partial charge in [0.25, 0.3) is 10.0 Å². The molecule has 25 heavy (non-hydrogen) atoms. The lowest BCUT2D eigenvalue weighted by molar-refractivity contribution is -0.141. The third-order valence-corrected chi connectivity index (χ3v) is 5.18. The van der Waals surface area contributed by atoms with Gasteiger partial charge in [-0.3, -0.25) is 9.10 Å². The van der Waals surface area contributed by atoms with E-state index in [-0.39, 0.29) is 11.5 Å². The molecule has 0 N–H and O–H groups in total. The van der Waals surface area contributed by atoms with Crippen LogP contribution in [0.1, 0.15) is 6.92 Å². The molecule has 0 heterocycles. The molecule has 2 aromatic carbocycles. The molecule has 2 rings (SSSR count). The van der Waals surface area contributed by atoms with Crippen LogP contribution in [-0.4, -0.2) is 27.5 Å². The van der Waals surface area contributed by atoms with Crippen LogP contribution in [-0.2, 0) is 19.6 Å². The molecule has 9 heteroatoms. The number of sulfonamides is 1. The summed E-state index contributed by atoms with van der Waals surface area (Å²) in [5, 5.41) is 0.309. The highest BCUT2D eigenvalue weighted by Gasteiger charge is 2.29. The molecule has 0 unspecified atom stereocenters. The number of rotatable bonds is 6. The maximum atomic E-state index is 14.1. The number of anilines is 1. The highest BCUT2D eigenvalue weighted by molar-refractivity contribution is 7.92. The van der Waals surface area contributed by atoms with E-state index >= 15 is 0 Å². The van der Waals surface area contributed by atoms with Crippen LogP contribution in [0.25, 0.3) is 0 Å². The summed E-state index contributed by atoms with van der Waals surface area (Å²) >= 11 is 5.74. The van der Waals surface area contributed by atoms with Crippen molar-refractivity contribution in [3.8, 4) is 0 Å². The van der Waals surface area contributed by atoms with Gasteiger partial charge < -0.3 is 4.74 Å². The van der Waals surface area contributed by atoms with Crippen molar-refractivity contribution in [2.75, 3.05) is 17.5 Å². The van der Waals surface area contributed by atoms with Gasteiger partial charge in [0.1, 0.15) is 18.2 Å². The maximum absolute atomic E-state index is 14.1. The normalized spacial score (nSPS) is 11.2. The summed E-state index contributed by atoms with van der Waals surface area (Å²) in [5.74, 6) is -2.87. The van der Waals surface area contributed by atoms with E-state index < -0.39 is 39.9 Å². The predicted molar refractivity (Wildman–Crippen MR) is 89.0 cm³/mol. The van der Waals surface area contributed by atoms with Gasteiger partial charge in [-0.1, -0.05) is 11.6 Å². The molecular formula is C16H14ClF2NO4S. The quantitative estimate of drug-likeness (QED) is 0.710. The van der Waals surface area contributed by atoms with Crippen molar-refractivity contribution in [1.82, 2.24) is 0 Å². The number of benzene rings is 2. The van der Waals surface area contributed by atoms with Gasteiger partial charge in [0, 0.05) is 11.1 Å². The highest BCUT2D eigenvalue weighted by Crippen LogP contribution is 2.27. The molecule has 0 fully saturated rings. The van der Waals surface area contributed by atoms with E-state index in [0.29, 0.717) is 15.4 Å². The van der Waals surface area contributed by atoms with Crippen LogP contribution in [0.2, 0.25) is 5.02 Å². The molecule has 0 saturated carbocycles. The highest BCUT2D eigenvalue weighted by atomic mass is 35.5. The van der Waals surface area contributed by atoms with Crippen molar-refractivity contribution in [1.29, 1.82) is 0 Å². The number of halogens is 3. The second kappa shape index (κ2) is 7.79.